The average molecular weight is 168 g/mol. The first-order valence-electron chi connectivity index (χ1n) is 4.93. The number of allylic oxidation sites excluding steroid dienone is 1. The fourth-order valence-corrected chi connectivity index (χ4v) is 0.867. The zero-order valence-corrected chi connectivity index (χ0v) is 8.29. The topological polar surface area (TPSA) is 24.7 Å². The van der Waals surface area contributed by atoms with Crippen LogP contribution in [0.15, 0.2) is 22.5 Å². The minimum Gasteiger partial charge on any atom is -0.189 e. The van der Waals surface area contributed by atoms with Crippen molar-refractivity contribution in [2.24, 2.45) is 10.2 Å². The van der Waals surface area contributed by atoms with E-state index in [0.717, 1.165) is 13.0 Å². The van der Waals surface area contributed by atoms with Crippen molar-refractivity contribution in [3.05, 3.63) is 12.3 Å². The summed E-state index contributed by atoms with van der Waals surface area (Å²) in [5.41, 5.74) is 0. The van der Waals surface area contributed by atoms with Gasteiger partial charge in [0.1, 0.15) is 0 Å². The summed E-state index contributed by atoms with van der Waals surface area (Å²) >= 11 is 0. The molecule has 0 spiro atoms. The number of rotatable bonds is 7. The van der Waals surface area contributed by atoms with Crippen LogP contribution in [0.5, 0.6) is 0 Å². The molecule has 0 saturated carbocycles. The first-order valence-corrected chi connectivity index (χ1v) is 4.93. The Morgan fingerprint density at radius 1 is 1.08 bits per heavy atom. The second kappa shape index (κ2) is 10.3. The van der Waals surface area contributed by atoms with Gasteiger partial charge in [0.05, 0.1) is 6.54 Å². The van der Waals surface area contributed by atoms with Gasteiger partial charge in [0.2, 0.25) is 0 Å². The molecule has 0 aromatic carbocycles. The summed E-state index contributed by atoms with van der Waals surface area (Å²) in [6, 6.07) is 0. The molecule has 0 aromatic heterocycles. The predicted molar refractivity (Wildman–Crippen MR) is 53.3 cm³/mol. The third-order valence-electron chi connectivity index (χ3n) is 1.60. The lowest BCUT2D eigenvalue weighted by Crippen LogP contribution is -1.79. The van der Waals surface area contributed by atoms with Gasteiger partial charge in [-0.05, 0) is 12.8 Å². The van der Waals surface area contributed by atoms with E-state index in [1.165, 1.54) is 25.7 Å². The van der Waals surface area contributed by atoms with Crippen molar-refractivity contribution in [2.45, 2.75) is 46.0 Å². The maximum absolute atomic E-state index is 4.02. The van der Waals surface area contributed by atoms with Gasteiger partial charge in [-0.15, -0.1) is 0 Å². The van der Waals surface area contributed by atoms with E-state index in [9.17, 15) is 0 Å². The maximum Gasteiger partial charge on any atom is 0.0603 e. The smallest absolute Gasteiger partial charge is 0.0603 e. The van der Waals surface area contributed by atoms with Crippen molar-refractivity contribution in [3.8, 4) is 0 Å². The molecule has 12 heavy (non-hydrogen) atoms. The van der Waals surface area contributed by atoms with E-state index in [-0.39, 0.29) is 0 Å². The third kappa shape index (κ3) is 9.34. The summed E-state index contributed by atoms with van der Waals surface area (Å²) in [7, 11) is 0. The van der Waals surface area contributed by atoms with E-state index in [4.69, 9.17) is 0 Å². The van der Waals surface area contributed by atoms with Gasteiger partial charge in [-0.1, -0.05) is 39.2 Å². The Morgan fingerprint density at radius 2 is 1.92 bits per heavy atom. The summed E-state index contributed by atoms with van der Waals surface area (Å²) in [4.78, 5) is 0. The van der Waals surface area contributed by atoms with E-state index in [1.807, 2.05) is 6.08 Å². The van der Waals surface area contributed by atoms with E-state index >= 15 is 0 Å². The molecule has 0 radical (unpaired) electrons. The van der Waals surface area contributed by atoms with Crippen LogP contribution in [0, 0.1) is 0 Å². The minimum atomic E-state index is 0.883. The van der Waals surface area contributed by atoms with E-state index in [0.29, 0.717) is 0 Å². The van der Waals surface area contributed by atoms with Crippen molar-refractivity contribution in [1.82, 2.24) is 0 Å². The monoisotopic (exact) mass is 168 g/mol. The molecule has 0 N–H and O–H groups in total. The molecular weight excluding hydrogens is 148 g/mol. The fraction of sp³-hybridized carbons (Fsp3) is 0.800. The van der Waals surface area contributed by atoms with Crippen LogP contribution in [0.25, 0.3) is 0 Å². The standard InChI is InChI=1S/C10H20N2/c1-3-5-7-8-10-12-11-9-6-4-2/h6,9H,3-5,7-8,10H2,1-2H3. The number of nitrogens with zero attached hydrogens (tertiary/aromatic N) is 2. The Balaban J connectivity index is 3.07. The molecular formula is C10H20N2. The Labute approximate surface area is 75.8 Å². The van der Waals surface area contributed by atoms with Crippen molar-refractivity contribution < 1.29 is 0 Å². The number of azo groups is 1. The van der Waals surface area contributed by atoms with Gasteiger partial charge < -0.3 is 0 Å². The molecule has 0 amide bonds. The third-order valence-corrected chi connectivity index (χ3v) is 1.60. The molecule has 0 heterocycles. The first-order chi connectivity index (χ1) is 5.91. The second-order valence-corrected chi connectivity index (χ2v) is 2.83. The maximum atomic E-state index is 4.02. The largest absolute Gasteiger partial charge is 0.189 e. The Kier molecular flexibility index (Phi) is 9.77. The number of unbranched alkanes of at least 4 members (excludes halogenated alkanes) is 3. The van der Waals surface area contributed by atoms with Crippen LogP contribution in [0.1, 0.15) is 46.0 Å². The summed E-state index contributed by atoms with van der Waals surface area (Å²) in [5.74, 6) is 0. The molecule has 0 aliphatic rings. The normalized spacial score (nSPS) is 11.8. The van der Waals surface area contributed by atoms with Crippen LogP contribution in [-0.4, -0.2) is 6.54 Å². The van der Waals surface area contributed by atoms with Crippen molar-refractivity contribution in [2.75, 3.05) is 6.54 Å². The average Bonchev–Trinajstić information content (AvgIpc) is 2.10. The lowest BCUT2D eigenvalue weighted by Gasteiger charge is -1.92. The van der Waals surface area contributed by atoms with Gasteiger partial charge in [-0.2, -0.15) is 10.2 Å². The van der Waals surface area contributed by atoms with E-state index < -0.39 is 0 Å². The summed E-state index contributed by atoms with van der Waals surface area (Å²) in [5, 5.41) is 7.92. The van der Waals surface area contributed by atoms with Crippen LogP contribution in [0.2, 0.25) is 0 Å². The Bertz CT molecular complexity index is 128. The van der Waals surface area contributed by atoms with Crippen LogP contribution < -0.4 is 0 Å². The van der Waals surface area contributed by atoms with Crippen molar-refractivity contribution in [1.29, 1.82) is 0 Å². The van der Waals surface area contributed by atoms with Crippen molar-refractivity contribution >= 4 is 0 Å². The molecule has 0 aliphatic heterocycles. The molecule has 0 rings (SSSR count). The summed E-state index contributed by atoms with van der Waals surface area (Å²) in [6.45, 7) is 5.19. The minimum absolute atomic E-state index is 0.883. The molecule has 0 unspecified atom stereocenters. The molecule has 0 saturated heterocycles. The SMILES string of the molecule is CCC=CN=NCCCCCC. The number of hydrogen-bond donors (Lipinski definition) is 0. The fourth-order valence-electron chi connectivity index (χ4n) is 0.867. The van der Waals surface area contributed by atoms with Gasteiger partial charge in [-0.25, -0.2) is 0 Å². The lowest BCUT2D eigenvalue weighted by atomic mass is 10.2. The Morgan fingerprint density at radius 3 is 2.58 bits per heavy atom. The molecule has 2 heteroatoms. The molecule has 0 aliphatic carbocycles. The zero-order valence-electron chi connectivity index (χ0n) is 8.29. The summed E-state index contributed by atoms with van der Waals surface area (Å²) in [6.07, 6.45) is 9.89. The van der Waals surface area contributed by atoms with Crippen LogP contribution in [0.4, 0.5) is 0 Å². The molecule has 0 fully saturated rings. The van der Waals surface area contributed by atoms with Gasteiger partial charge in [0, 0.05) is 6.20 Å². The zero-order chi connectivity index (χ0) is 9.07. The highest BCUT2D eigenvalue weighted by atomic mass is 15.1. The highest BCUT2D eigenvalue weighted by Crippen LogP contribution is 1.98. The summed E-state index contributed by atoms with van der Waals surface area (Å²) < 4.78 is 0. The van der Waals surface area contributed by atoms with Crippen LogP contribution in [-0.2, 0) is 0 Å². The Hall–Kier alpha value is -0.660. The lowest BCUT2D eigenvalue weighted by molar-refractivity contribution is 0.665. The molecule has 0 aromatic rings. The molecule has 2 nitrogen and oxygen atoms in total. The van der Waals surface area contributed by atoms with Gasteiger partial charge in [0.25, 0.3) is 0 Å². The van der Waals surface area contributed by atoms with Crippen LogP contribution >= 0.6 is 0 Å². The predicted octanol–water partition coefficient (Wildman–Crippen LogP) is 3.94. The van der Waals surface area contributed by atoms with Gasteiger partial charge in [-0.3, -0.25) is 0 Å². The number of hydrogen-bond acceptors (Lipinski definition) is 2. The molecule has 70 valence electrons. The van der Waals surface area contributed by atoms with Crippen LogP contribution in [0.3, 0.4) is 0 Å². The van der Waals surface area contributed by atoms with E-state index in [2.05, 4.69) is 24.1 Å². The molecule has 0 atom stereocenters. The quantitative estimate of drug-likeness (QED) is 0.406. The highest BCUT2D eigenvalue weighted by molar-refractivity contribution is 4.75. The molecule has 0 bridgehead atoms. The van der Waals surface area contributed by atoms with Gasteiger partial charge >= 0.3 is 0 Å². The van der Waals surface area contributed by atoms with E-state index in [1.54, 1.807) is 6.20 Å². The highest BCUT2D eigenvalue weighted by Gasteiger charge is 1.83. The van der Waals surface area contributed by atoms with Gasteiger partial charge in [0.15, 0.2) is 0 Å². The van der Waals surface area contributed by atoms with Crippen molar-refractivity contribution in [3.63, 3.8) is 0 Å². The first kappa shape index (κ1) is 11.3. The second-order valence-electron chi connectivity index (χ2n) is 2.83.